The number of carbonyl (C=O) groups is 2. The zero-order valence-electron chi connectivity index (χ0n) is 15.4. The number of nitrogens with zero attached hydrogens (tertiary/aromatic N) is 2. The number of carbonyl (C=O) groups excluding carboxylic acids is 2. The molecule has 0 aliphatic carbocycles. The number of likely N-dealkylation sites (N-methyl/N-ethyl adjacent to an activating group) is 1. The molecule has 0 fully saturated rings. The van der Waals surface area contributed by atoms with E-state index in [0.717, 1.165) is 11.1 Å². The Balaban J connectivity index is 1.92. The topological polar surface area (TPSA) is 71.5 Å². The molecule has 1 aromatic carbocycles. The number of amides is 2. The molecule has 2 rings (SSSR count). The number of hydrogen-bond acceptors (Lipinski definition) is 4. The lowest BCUT2D eigenvalue weighted by molar-refractivity contribution is -0.133. The van der Waals surface area contributed by atoms with Gasteiger partial charge in [-0.25, -0.2) is 4.79 Å². The molecular weight excluding hydrogens is 330 g/mol. The van der Waals surface area contributed by atoms with E-state index in [0.29, 0.717) is 6.54 Å². The molecule has 0 bridgehead atoms. The van der Waals surface area contributed by atoms with Gasteiger partial charge in [-0.15, -0.1) is 0 Å². The fourth-order valence-electron chi connectivity index (χ4n) is 2.49. The first-order valence-corrected chi connectivity index (χ1v) is 8.58. The Labute approximate surface area is 154 Å². The zero-order valence-corrected chi connectivity index (χ0v) is 15.4. The molecule has 0 saturated carbocycles. The summed E-state index contributed by atoms with van der Waals surface area (Å²) in [6.07, 6.45) is 2.80. The molecule has 1 N–H and O–H groups in total. The number of nitrogens with one attached hydrogen (secondary N) is 1. The minimum atomic E-state index is -0.653. The van der Waals surface area contributed by atoms with Crippen LogP contribution in [0, 0.1) is 5.92 Å². The highest BCUT2D eigenvalue weighted by atomic mass is 16.5. The van der Waals surface area contributed by atoms with Gasteiger partial charge in [0.1, 0.15) is 12.6 Å². The average Bonchev–Trinajstić information content (AvgIpc) is 2.65. The Morgan fingerprint density at radius 1 is 1.12 bits per heavy atom. The molecule has 26 heavy (non-hydrogen) atoms. The minimum absolute atomic E-state index is 0.0666. The molecule has 6 heteroatoms. The normalized spacial score (nSPS) is 11.7. The molecular formula is C20H25N3O3. The Hall–Kier alpha value is -2.89. The van der Waals surface area contributed by atoms with Gasteiger partial charge in [0, 0.05) is 26.0 Å². The molecule has 0 spiro atoms. The molecule has 0 saturated heterocycles. The molecule has 0 aliphatic rings. The largest absolute Gasteiger partial charge is 0.445 e. The van der Waals surface area contributed by atoms with Crippen LogP contribution >= 0.6 is 0 Å². The summed E-state index contributed by atoms with van der Waals surface area (Å²) in [5.41, 5.74) is 1.82. The Bertz CT molecular complexity index is 705. The van der Waals surface area contributed by atoms with Crippen LogP contribution in [0.25, 0.3) is 0 Å². The van der Waals surface area contributed by atoms with Crippen molar-refractivity contribution in [2.45, 2.75) is 33.0 Å². The van der Waals surface area contributed by atoms with Crippen LogP contribution in [0.3, 0.4) is 0 Å². The van der Waals surface area contributed by atoms with Crippen LogP contribution in [0.5, 0.6) is 0 Å². The first-order chi connectivity index (χ1) is 12.5. The predicted molar refractivity (Wildman–Crippen MR) is 99.1 cm³/mol. The van der Waals surface area contributed by atoms with E-state index in [-0.39, 0.29) is 18.4 Å². The minimum Gasteiger partial charge on any atom is -0.445 e. The molecule has 1 heterocycles. The molecule has 2 amide bonds. The smallest absolute Gasteiger partial charge is 0.408 e. The van der Waals surface area contributed by atoms with Gasteiger partial charge in [0.2, 0.25) is 5.91 Å². The quantitative estimate of drug-likeness (QED) is 0.829. The van der Waals surface area contributed by atoms with Crippen LogP contribution in [-0.2, 0) is 22.7 Å². The van der Waals surface area contributed by atoms with Crippen molar-refractivity contribution in [1.82, 2.24) is 15.2 Å². The lowest BCUT2D eigenvalue weighted by Gasteiger charge is -2.26. The van der Waals surface area contributed by atoms with E-state index >= 15 is 0 Å². The summed E-state index contributed by atoms with van der Waals surface area (Å²) in [4.78, 5) is 30.5. The Kier molecular flexibility index (Phi) is 7.14. The van der Waals surface area contributed by atoms with Gasteiger partial charge in [-0.2, -0.15) is 0 Å². The Morgan fingerprint density at radius 2 is 1.81 bits per heavy atom. The van der Waals surface area contributed by atoms with E-state index in [1.54, 1.807) is 24.3 Å². The van der Waals surface area contributed by atoms with Crippen molar-refractivity contribution < 1.29 is 14.3 Å². The number of benzene rings is 1. The fraction of sp³-hybridized carbons (Fsp3) is 0.350. The fourth-order valence-corrected chi connectivity index (χ4v) is 2.49. The summed E-state index contributed by atoms with van der Waals surface area (Å²) < 4.78 is 5.23. The third-order valence-corrected chi connectivity index (χ3v) is 3.94. The summed E-state index contributed by atoms with van der Waals surface area (Å²) >= 11 is 0. The highest BCUT2D eigenvalue weighted by molar-refractivity contribution is 5.85. The molecule has 0 unspecified atom stereocenters. The molecule has 138 valence electrons. The third-order valence-electron chi connectivity index (χ3n) is 3.94. The van der Waals surface area contributed by atoms with Crippen molar-refractivity contribution >= 4 is 12.0 Å². The highest BCUT2D eigenvalue weighted by Crippen LogP contribution is 2.09. The maximum atomic E-state index is 12.7. The van der Waals surface area contributed by atoms with Crippen LogP contribution < -0.4 is 5.32 Å². The van der Waals surface area contributed by atoms with E-state index in [4.69, 9.17) is 4.74 Å². The van der Waals surface area contributed by atoms with Crippen LogP contribution in [0.15, 0.2) is 54.9 Å². The molecule has 1 aromatic heterocycles. The standard InChI is InChI=1S/C20H25N3O3/c1-15(2)18(19(24)23(3)13-17-10-7-11-21-12-17)22-20(25)26-14-16-8-5-4-6-9-16/h4-12,15,18H,13-14H2,1-3H3,(H,22,25)/t18-/m0/s1. The summed E-state index contributed by atoms with van der Waals surface area (Å²) in [6.45, 7) is 4.36. The number of alkyl carbamates (subject to hydrolysis) is 1. The van der Waals surface area contributed by atoms with Gasteiger partial charge in [-0.05, 0) is 23.1 Å². The maximum Gasteiger partial charge on any atom is 0.408 e. The second-order valence-corrected chi connectivity index (χ2v) is 6.48. The molecule has 0 aliphatic heterocycles. The zero-order chi connectivity index (χ0) is 18.9. The van der Waals surface area contributed by atoms with Crippen molar-refractivity contribution in [2.75, 3.05) is 7.05 Å². The van der Waals surface area contributed by atoms with Gasteiger partial charge in [0.15, 0.2) is 0 Å². The Morgan fingerprint density at radius 3 is 2.42 bits per heavy atom. The number of aromatic nitrogens is 1. The second kappa shape index (κ2) is 9.56. The summed E-state index contributed by atoms with van der Waals surface area (Å²) in [5, 5.41) is 2.69. The monoisotopic (exact) mass is 355 g/mol. The third kappa shape index (κ3) is 5.88. The second-order valence-electron chi connectivity index (χ2n) is 6.48. The number of hydrogen-bond donors (Lipinski definition) is 1. The van der Waals surface area contributed by atoms with Crippen molar-refractivity contribution in [3.63, 3.8) is 0 Å². The van der Waals surface area contributed by atoms with Crippen LogP contribution in [0.1, 0.15) is 25.0 Å². The number of ether oxygens (including phenoxy) is 1. The maximum absolute atomic E-state index is 12.7. The lowest BCUT2D eigenvalue weighted by atomic mass is 10.0. The van der Waals surface area contributed by atoms with E-state index in [2.05, 4.69) is 10.3 Å². The van der Waals surface area contributed by atoms with E-state index in [9.17, 15) is 9.59 Å². The van der Waals surface area contributed by atoms with Gasteiger partial charge in [-0.3, -0.25) is 9.78 Å². The molecule has 0 radical (unpaired) electrons. The van der Waals surface area contributed by atoms with Gasteiger partial charge in [-0.1, -0.05) is 50.2 Å². The van der Waals surface area contributed by atoms with Crippen LogP contribution in [0.2, 0.25) is 0 Å². The van der Waals surface area contributed by atoms with Crippen molar-refractivity contribution in [1.29, 1.82) is 0 Å². The SMILES string of the molecule is CC(C)[C@H](NC(=O)OCc1ccccc1)C(=O)N(C)Cc1cccnc1. The van der Waals surface area contributed by atoms with Gasteiger partial charge >= 0.3 is 6.09 Å². The van der Waals surface area contributed by atoms with Crippen LogP contribution in [-0.4, -0.2) is 35.0 Å². The molecule has 6 nitrogen and oxygen atoms in total. The van der Waals surface area contributed by atoms with Crippen LogP contribution in [0.4, 0.5) is 4.79 Å². The van der Waals surface area contributed by atoms with Crippen molar-refractivity contribution in [3.8, 4) is 0 Å². The summed E-state index contributed by atoms with van der Waals surface area (Å²) in [6, 6.07) is 12.5. The van der Waals surface area contributed by atoms with Gasteiger partial charge < -0.3 is 15.0 Å². The lowest BCUT2D eigenvalue weighted by Crippen LogP contribution is -2.50. The molecule has 1 atom stereocenters. The van der Waals surface area contributed by atoms with Gasteiger partial charge in [0.25, 0.3) is 0 Å². The molecule has 2 aromatic rings. The first kappa shape index (κ1) is 19.4. The first-order valence-electron chi connectivity index (χ1n) is 8.58. The average molecular weight is 355 g/mol. The van der Waals surface area contributed by atoms with E-state index in [1.165, 1.54) is 0 Å². The van der Waals surface area contributed by atoms with Crippen molar-refractivity contribution in [2.24, 2.45) is 5.92 Å². The van der Waals surface area contributed by atoms with Crippen molar-refractivity contribution in [3.05, 3.63) is 66.0 Å². The van der Waals surface area contributed by atoms with Gasteiger partial charge in [0.05, 0.1) is 0 Å². The summed E-state index contributed by atoms with van der Waals surface area (Å²) in [7, 11) is 1.71. The summed E-state index contributed by atoms with van der Waals surface area (Å²) in [5.74, 6) is -0.233. The number of pyridine rings is 1. The van der Waals surface area contributed by atoms with E-state index < -0.39 is 12.1 Å². The predicted octanol–water partition coefficient (Wildman–Crippen LogP) is 2.99. The number of rotatable bonds is 7. The highest BCUT2D eigenvalue weighted by Gasteiger charge is 2.27. The van der Waals surface area contributed by atoms with E-state index in [1.807, 2.05) is 56.3 Å².